The second kappa shape index (κ2) is 7.81. The van der Waals surface area contributed by atoms with Crippen LogP contribution in [0.15, 0.2) is 54.6 Å². The Morgan fingerprint density at radius 1 is 0.952 bits per heavy atom. The summed E-state index contributed by atoms with van der Waals surface area (Å²) in [4.78, 5) is 0. The van der Waals surface area contributed by atoms with Crippen LogP contribution < -0.4 is 10.1 Å². The average molecular weight is 285 g/mol. The predicted octanol–water partition coefficient (Wildman–Crippen LogP) is 3.73. The van der Waals surface area contributed by atoms with E-state index in [9.17, 15) is 0 Å². The first-order chi connectivity index (χ1) is 10.3. The Hall–Kier alpha value is -1.84. The molecule has 0 aliphatic rings. The molecule has 2 rings (SSSR count). The molecule has 2 unspecified atom stereocenters. The maximum absolute atomic E-state index is 5.44. The van der Waals surface area contributed by atoms with Crippen molar-refractivity contribution in [1.29, 1.82) is 0 Å². The molecule has 1 N–H and O–H groups in total. The van der Waals surface area contributed by atoms with Gasteiger partial charge in [-0.05, 0) is 18.6 Å². The summed E-state index contributed by atoms with van der Waals surface area (Å²) < 4.78 is 10.8. The molecule has 0 amide bonds. The lowest BCUT2D eigenvalue weighted by Crippen LogP contribution is -2.28. The fourth-order valence-corrected chi connectivity index (χ4v) is 2.51. The Labute approximate surface area is 126 Å². The lowest BCUT2D eigenvalue weighted by Gasteiger charge is -2.24. The highest BCUT2D eigenvalue weighted by Crippen LogP contribution is 2.27. The topological polar surface area (TPSA) is 30.5 Å². The van der Waals surface area contributed by atoms with Gasteiger partial charge in [-0.25, -0.2) is 0 Å². The quantitative estimate of drug-likeness (QED) is 0.840. The Bertz CT molecular complexity index is 542. The molecule has 0 saturated carbocycles. The minimum atomic E-state index is 0.149. The Balaban J connectivity index is 2.16. The molecular formula is C18H23NO2. The maximum Gasteiger partial charge on any atom is 0.123 e. The van der Waals surface area contributed by atoms with Gasteiger partial charge in [0.25, 0.3) is 0 Å². The normalized spacial score (nSPS) is 13.7. The number of ether oxygens (including phenoxy) is 2. The molecule has 0 aliphatic heterocycles. The first-order valence-corrected chi connectivity index (χ1v) is 7.19. The molecule has 3 nitrogen and oxygen atoms in total. The van der Waals surface area contributed by atoms with Crippen LogP contribution in [0.1, 0.15) is 30.1 Å². The summed E-state index contributed by atoms with van der Waals surface area (Å²) in [6.45, 7) is 2.77. The SMILES string of the molecule is COCC(NC(C)c1ccccc1OC)c1ccccc1. The van der Waals surface area contributed by atoms with Gasteiger partial charge >= 0.3 is 0 Å². The number of benzene rings is 2. The molecule has 0 radical (unpaired) electrons. The van der Waals surface area contributed by atoms with Gasteiger partial charge < -0.3 is 14.8 Å². The largest absolute Gasteiger partial charge is 0.496 e. The van der Waals surface area contributed by atoms with E-state index in [0.717, 1.165) is 11.3 Å². The lowest BCUT2D eigenvalue weighted by atomic mass is 10.0. The number of methoxy groups -OCH3 is 2. The molecule has 3 heteroatoms. The molecular weight excluding hydrogens is 262 g/mol. The smallest absolute Gasteiger partial charge is 0.123 e. The average Bonchev–Trinajstić information content (AvgIpc) is 2.55. The van der Waals surface area contributed by atoms with Crippen molar-refractivity contribution in [3.8, 4) is 5.75 Å². The van der Waals surface area contributed by atoms with Crippen molar-refractivity contribution < 1.29 is 9.47 Å². The highest BCUT2D eigenvalue weighted by atomic mass is 16.5. The summed E-state index contributed by atoms with van der Waals surface area (Å²) in [5.74, 6) is 0.904. The Morgan fingerprint density at radius 3 is 2.29 bits per heavy atom. The van der Waals surface area contributed by atoms with Crippen LogP contribution >= 0.6 is 0 Å². The number of rotatable bonds is 7. The monoisotopic (exact) mass is 285 g/mol. The Kier molecular flexibility index (Phi) is 5.78. The van der Waals surface area contributed by atoms with Crippen molar-refractivity contribution >= 4 is 0 Å². The van der Waals surface area contributed by atoms with Crippen molar-refractivity contribution in [1.82, 2.24) is 5.32 Å². The molecule has 0 heterocycles. The van der Waals surface area contributed by atoms with E-state index in [1.54, 1.807) is 14.2 Å². The standard InChI is InChI=1S/C18H23NO2/c1-14(16-11-7-8-12-18(16)21-3)19-17(13-20-2)15-9-5-4-6-10-15/h4-12,14,17,19H,13H2,1-3H3. The molecule has 0 aliphatic carbocycles. The second-order valence-electron chi connectivity index (χ2n) is 5.05. The molecule has 21 heavy (non-hydrogen) atoms. The van der Waals surface area contributed by atoms with Gasteiger partial charge in [-0.15, -0.1) is 0 Å². The van der Waals surface area contributed by atoms with Crippen LogP contribution in [-0.2, 0) is 4.74 Å². The van der Waals surface area contributed by atoms with Gasteiger partial charge in [0.05, 0.1) is 19.8 Å². The predicted molar refractivity (Wildman–Crippen MR) is 85.6 cm³/mol. The zero-order valence-electron chi connectivity index (χ0n) is 12.9. The summed E-state index contributed by atoms with van der Waals surface area (Å²) in [6, 6.07) is 18.8. The minimum Gasteiger partial charge on any atom is -0.496 e. The number of para-hydroxylation sites is 1. The highest BCUT2D eigenvalue weighted by Gasteiger charge is 2.17. The van der Waals surface area contributed by atoms with Gasteiger partial charge in [0.1, 0.15) is 5.75 Å². The molecule has 2 aromatic rings. The first kappa shape index (κ1) is 15.5. The zero-order valence-corrected chi connectivity index (χ0v) is 12.9. The van der Waals surface area contributed by atoms with Crippen LogP contribution in [0.5, 0.6) is 5.75 Å². The summed E-state index contributed by atoms with van der Waals surface area (Å²) in [5.41, 5.74) is 2.37. The fraction of sp³-hybridized carbons (Fsp3) is 0.333. The second-order valence-corrected chi connectivity index (χ2v) is 5.05. The summed E-state index contributed by atoms with van der Waals surface area (Å²) in [5, 5.41) is 3.62. The summed E-state index contributed by atoms with van der Waals surface area (Å²) in [7, 11) is 3.43. The number of hydrogen-bond acceptors (Lipinski definition) is 3. The van der Waals surface area contributed by atoms with Crippen LogP contribution in [0.4, 0.5) is 0 Å². The van der Waals surface area contributed by atoms with Crippen LogP contribution in [0.3, 0.4) is 0 Å². The molecule has 2 aromatic carbocycles. The van der Waals surface area contributed by atoms with Crippen molar-refractivity contribution in [3.63, 3.8) is 0 Å². The molecule has 2 atom stereocenters. The lowest BCUT2D eigenvalue weighted by molar-refractivity contribution is 0.161. The van der Waals surface area contributed by atoms with Gasteiger partial charge in [-0.3, -0.25) is 0 Å². The fourth-order valence-electron chi connectivity index (χ4n) is 2.51. The van der Waals surface area contributed by atoms with Crippen molar-refractivity contribution in [3.05, 3.63) is 65.7 Å². The van der Waals surface area contributed by atoms with Crippen LogP contribution in [0, 0.1) is 0 Å². The van der Waals surface area contributed by atoms with E-state index >= 15 is 0 Å². The molecule has 0 saturated heterocycles. The van der Waals surface area contributed by atoms with E-state index in [0.29, 0.717) is 6.61 Å². The Morgan fingerprint density at radius 2 is 1.62 bits per heavy atom. The molecule has 0 bridgehead atoms. The van der Waals surface area contributed by atoms with Crippen molar-refractivity contribution in [2.45, 2.75) is 19.0 Å². The first-order valence-electron chi connectivity index (χ1n) is 7.19. The van der Waals surface area contributed by atoms with E-state index in [1.165, 1.54) is 5.56 Å². The van der Waals surface area contributed by atoms with Crippen molar-refractivity contribution in [2.75, 3.05) is 20.8 Å². The molecule has 112 valence electrons. The van der Waals surface area contributed by atoms with Gasteiger partial charge in [0.15, 0.2) is 0 Å². The van der Waals surface area contributed by atoms with Gasteiger partial charge in [0, 0.05) is 18.7 Å². The third-order valence-electron chi connectivity index (χ3n) is 3.59. The minimum absolute atomic E-state index is 0.149. The third kappa shape index (κ3) is 4.06. The highest BCUT2D eigenvalue weighted by molar-refractivity contribution is 5.35. The molecule has 0 aromatic heterocycles. The zero-order chi connectivity index (χ0) is 15.1. The van der Waals surface area contributed by atoms with Gasteiger partial charge in [0.2, 0.25) is 0 Å². The molecule has 0 fully saturated rings. The third-order valence-corrected chi connectivity index (χ3v) is 3.59. The summed E-state index contributed by atoms with van der Waals surface area (Å²) >= 11 is 0. The van der Waals surface area contributed by atoms with E-state index < -0.39 is 0 Å². The van der Waals surface area contributed by atoms with Crippen LogP contribution in [-0.4, -0.2) is 20.8 Å². The molecule has 0 spiro atoms. The van der Waals surface area contributed by atoms with E-state index in [-0.39, 0.29) is 12.1 Å². The maximum atomic E-state index is 5.44. The summed E-state index contributed by atoms with van der Waals surface area (Å²) in [6.07, 6.45) is 0. The van der Waals surface area contributed by atoms with Gasteiger partial charge in [-0.1, -0.05) is 48.5 Å². The van der Waals surface area contributed by atoms with E-state index in [4.69, 9.17) is 9.47 Å². The van der Waals surface area contributed by atoms with Crippen LogP contribution in [0.2, 0.25) is 0 Å². The van der Waals surface area contributed by atoms with Crippen LogP contribution in [0.25, 0.3) is 0 Å². The van der Waals surface area contributed by atoms with E-state index in [1.807, 2.05) is 36.4 Å². The van der Waals surface area contributed by atoms with E-state index in [2.05, 4.69) is 30.4 Å². The number of hydrogen-bond donors (Lipinski definition) is 1. The van der Waals surface area contributed by atoms with Gasteiger partial charge in [-0.2, -0.15) is 0 Å². The number of nitrogens with one attached hydrogen (secondary N) is 1. The van der Waals surface area contributed by atoms with Crippen molar-refractivity contribution in [2.24, 2.45) is 0 Å².